The lowest BCUT2D eigenvalue weighted by atomic mass is 10.1. The van der Waals surface area contributed by atoms with Crippen molar-refractivity contribution in [3.63, 3.8) is 0 Å². The predicted octanol–water partition coefficient (Wildman–Crippen LogP) is 8.21. The summed E-state index contributed by atoms with van der Waals surface area (Å²) < 4.78 is 18.0. The van der Waals surface area contributed by atoms with Crippen LogP contribution in [-0.4, -0.2) is 19.9 Å². The summed E-state index contributed by atoms with van der Waals surface area (Å²) in [5.74, 6) is 0.409. The van der Waals surface area contributed by atoms with Gasteiger partial charge in [0, 0.05) is 5.56 Å². The molecule has 0 aliphatic heterocycles. The second-order valence-corrected chi connectivity index (χ2v) is 9.52. The fourth-order valence-corrected chi connectivity index (χ4v) is 4.69. The Kier molecular flexibility index (Phi) is 5.62. The number of hydrogen-bond donors (Lipinski definition) is 0. The second-order valence-electron chi connectivity index (χ2n) is 9.52. The van der Waals surface area contributed by atoms with Gasteiger partial charge in [0.25, 0.3) is 0 Å². The van der Waals surface area contributed by atoms with Crippen LogP contribution in [0.25, 0.3) is 82.5 Å². The third kappa shape index (κ3) is 4.04. The van der Waals surface area contributed by atoms with Crippen LogP contribution in [0, 0.1) is 49.3 Å². The minimum Gasteiger partial charge on any atom is -0.436 e. The third-order valence-electron chi connectivity index (χ3n) is 6.84. The maximum absolute atomic E-state index is 9.46. The summed E-state index contributed by atoms with van der Waals surface area (Å²) in [6, 6.07) is 16.7. The molecule has 7 rings (SSSR count). The van der Waals surface area contributed by atoms with Crippen molar-refractivity contribution in [2.75, 3.05) is 0 Å². The first-order valence-corrected chi connectivity index (χ1v) is 12.7. The molecule has 12 nitrogen and oxygen atoms in total. The Labute approximate surface area is 247 Å². The van der Waals surface area contributed by atoms with Gasteiger partial charge in [0.15, 0.2) is 17.0 Å². The highest BCUT2D eigenvalue weighted by Crippen LogP contribution is 2.37. The molecule has 0 saturated carbocycles. The number of hydrogen-bond acceptors (Lipinski definition) is 9. The normalized spacial score (nSPS) is 10.7. The van der Waals surface area contributed by atoms with Crippen LogP contribution in [0.15, 0.2) is 61.8 Å². The van der Waals surface area contributed by atoms with Gasteiger partial charge in [-0.05, 0) is 61.0 Å². The fourth-order valence-electron chi connectivity index (χ4n) is 4.69. The Hall–Kier alpha value is -7.33. The van der Waals surface area contributed by atoms with Crippen molar-refractivity contribution < 1.29 is 13.3 Å². The number of fused-ring (bicyclic) bond motifs is 3. The fraction of sp³-hybridized carbons (Fsp3) is 0.0312. The van der Waals surface area contributed by atoms with Crippen molar-refractivity contribution in [1.29, 1.82) is 10.5 Å². The molecule has 0 radical (unpaired) electrons. The van der Waals surface area contributed by atoms with E-state index in [1.165, 1.54) is 24.3 Å². The Balaban J connectivity index is 1.45. The van der Waals surface area contributed by atoms with Gasteiger partial charge in [0.05, 0.1) is 48.5 Å². The van der Waals surface area contributed by atoms with Crippen LogP contribution in [0.4, 0.5) is 17.1 Å². The first-order valence-electron chi connectivity index (χ1n) is 12.7. The first-order chi connectivity index (χ1) is 21.4. The van der Waals surface area contributed by atoms with Crippen LogP contribution >= 0.6 is 0 Å². The van der Waals surface area contributed by atoms with E-state index < -0.39 is 0 Å². The Bertz CT molecular complexity index is 2360. The lowest BCUT2D eigenvalue weighted by Gasteiger charge is -2.03. The summed E-state index contributed by atoms with van der Waals surface area (Å²) >= 11 is 0. The molecule has 7 aromatic rings. The monoisotopic (exact) mass is 569 g/mol. The number of rotatable bonds is 3. The number of pyridine rings is 1. The smallest absolute Gasteiger partial charge is 0.246 e. The average molecular weight is 570 g/mol. The summed E-state index contributed by atoms with van der Waals surface area (Å²) in [4.78, 5) is 28.5. The van der Waals surface area contributed by atoms with Gasteiger partial charge in [-0.3, -0.25) is 4.85 Å². The van der Waals surface area contributed by atoms with Crippen molar-refractivity contribution in [3.05, 3.63) is 99.5 Å². The zero-order chi connectivity index (χ0) is 30.5. The molecule has 0 aliphatic carbocycles. The van der Waals surface area contributed by atoms with Crippen LogP contribution in [0.1, 0.15) is 16.7 Å². The molecule has 0 aliphatic rings. The molecule has 4 aromatic heterocycles. The van der Waals surface area contributed by atoms with E-state index in [-0.39, 0.29) is 51.7 Å². The van der Waals surface area contributed by atoms with Crippen molar-refractivity contribution in [2.24, 2.45) is 0 Å². The van der Waals surface area contributed by atoms with Gasteiger partial charge in [-0.1, -0.05) is 0 Å². The van der Waals surface area contributed by atoms with E-state index in [4.69, 9.17) is 33.0 Å². The standard InChI is InChI=1S/C32H11N9O3/c1-15-5-27-22(8-17(15)13-33)39-30(42-27)16-6-25(31-40-23-9-18(14-34)19(35-2)11-28(23)43-31)38-26(7-16)32-41-24-10-20(36-3)21(37-4)12-29(24)44-32/h5-12H,1H3. The molecular weight excluding hydrogens is 558 g/mol. The molecule has 0 bridgehead atoms. The van der Waals surface area contributed by atoms with Crippen molar-refractivity contribution in [1.82, 2.24) is 19.9 Å². The zero-order valence-corrected chi connectivity index (χ0v) is 22.4. The summed E-state index contributed by atoms with van der Waals surface area (Å²) in [6.07, 6.45) is 0. The highest BCUT2D eigenvalue weighted by molar-refractivity contribution is 5.89. The molecule has 0 amide bonds. The lowest BCUT2D eigenvalue weighted by molar-refractivity contribution is 0.610. The average Bonchev–Trinajstić information content (AvgIpc) is 3.78. The van der Waals surface area contributed by atoms with E-state index in [0.717, 1.165) is 5.56 Å². The van der Waals surface area contributed by atoms with Crippen molar-refractivity contribution >= 4 is 50.4 Å². The summed E-state index contributed by atoms with van der Waals surface area (Å²) in [5.41, 5.74) is 5.04. The molecule has 0 unspecified atom stereocenters. The van der Waals surface area contributed by atoms with E-state index in [2.05, 4.69) is 40.5 Å². The predicted molar refractivity (Wildman–Crippen MR) is 156 cm³/mol. The minimum absolute atomic E-state index is 0.0922. The van der Waals surface area contributed by atoms with Gasteiger partial charge >= 0.3 is 0 Å². The minimum atomic E-state index is 0.0922. The van der Waals surface area contributed by atoms with Crippen LogP contribution in [0.5, 0.6) is 0 Å². The highest BCUT2D eigenvalue weighted by atomic mass is 16.4. The van der Waals surface area contributed by atoms with E-state index in [1.807, 2.05) is 6.07 Å². The van der Waals surface area contributed by atoms with E-state index in [0.29, 0.717) is 44.4 Å². The molecular formula is C32H11N9O3. The quantitative estimate of drug-likeness (QED) is 0.192. The van der Waals surface area contributed by atoms with Crippen LogP contribution in [0.3, 0.4) is 0 Å². The SMILES string of the molecule is [C-]#[N+]c1cc2oc(-c3cc(-c4nc5cc(C#N)c(C)cc5o4)cc(-c4nc5cc([N+]#[C-])c([N+]#[C-])cc5o4)n3)nc2cc1C#N. The maximum Gasteiger partial charge on any atom is 0.246 e. The van der Waals surface area contributed by atoms with Gasteiger partial charge in [0.2, 0.25) is 23.4 Å². The molecule has 0 atom stereocenters. The van der Waals surface area contributed by atoms with Gasteiger partial charge < -0.3 is 13.3 Å². The van der Waals surface area contributed by atoms with Gasteiger partial charge in [-0.15, -0.1) is 0 Å². The molecule has 44 heavy (non-hydrogen) atoms. The molecule has 0 spiro atoms. The van der Waals surface area contributed by atoms with Crippen LogP contribution in [-0.2, 0) is 0 Å². The van der Waals surface area contributed by atoms with E-state index in [1.54, 1.807) is 31.2 Å². The largest absolute Gasteiger partial charge is 0.436 e. The van der Waals surface area contributed by atoms with Gasteiger partial charge in [-0.25, -0.2) is 29.6 Å². The molecule has 3 aromatic carbocycles. The summed E-state index contributed by atoms with van der Waals surface area (Å²) in [5, 5.41) is 18.9. The molecule has 0 N–H and O–H groups in total. The topological polar surface area (TPSA) is 152 Å². The summed E-state index contributed by atoms with van der Waals surface area (Å²) in [7, 11) is 0. The number of oxazole rings is 3. The zero-order valence-electron chi connectivity index (χ0n) is 22.4. The van der Waals surface area contributed by atoms with Crippen molar-refractivity contribution in [2.45, 2.75) is 6.92 Å². The van der Waals surface area contributed by atoms with Crippen molar-refractivity contribution in [3.8, 4) is 46.8 Å². The maximum atomic E-state index is 9.46. The van der Waals surface area contributed by atoms with Crippen LogP contribution < -0.4 is 0 Å². The number of aryl methyl sites for hydroxylation is 1. The molecule has 12 heteroatoms. The van der Waals surface area contributed by atoms with Crippen LogP contribution in [0.2, 0.25) is 0 Å². The Morgan fingerprint density at radius 3 is 1.64 bits per heavy atom. The molecule has 202 valence electrons. The van der Waals surface area contributed by atoms with E-state index >= 15 is 0 Å². The van der Waals surface area contributed by atoms with E-state index in [9.17, 15) is 10.5 Å². The Morgan fingerprint density at radius 1 is 0.568 bits per heavy atom. The van der Waals surface area contributed by atoms with Gasteiger partial charge in [0.1, 0.15) is 33.6 Å². The number of nitriles is 2. The molecule has 0 fully saturated rings. The first kappa shape index (κ1) is 25.6. The summed E-state index contributed by atoms with van der Waals surface area (Å²) in [6.45, 7) is 24.0. The lowest BCUT2D eigenvalue weighted by Crippen LogP contribution is -1.91. The second kappa shape index (κ2) is 9.65. The number of aromatic nitrogens is 4. The highest BCUT2D eigenvalue weighted by Gasteiger charge is 2.21. The number of nitrogens with zero attached hydrogens (tertiary/aromatic N) is 9. The Morgan fingerprint density at radius 2 is 1.05 bits per heavy atom. The molecule has 4 heterocycles. The van der Waals surface area contributed by atoms with Gasteiger partial charge in [-0.2, -0.15) is 10.5 Å². The number of benzene rings is 3. The third-order valence-corrected chi connectivity index (χ3v) is 6.84. The molecule has 0 saturated heterocycles.